The lowest BCUT2D eigenvalue weighted by atomic mass is 10.1. The number of hydrogen-bond donors (Lipinski definition) is 1. The Hall–Kier alpha value is -2.77. The second kappa shape index (κ2) is 5.40. The van der Waals surface area contributed by atoms with Crippen molar-refractivity contribution < 1.29 is 22.3 Å². The van der Waals surface area contributed by atoms with E-state index in [0.717, 1.165) is 6.07 Å². The summed E-state index contributed by atoms with van der Waals surface area (Å²) in [6.07, 6.45) is -3.27. The lowest BCUT2D eigenvalue weighted by Crippen LogP contribution is -2.14. The van der Waals surface area contributed by atoms with Crippen LogP contribution in [0.3, 0.4) is 0 Å². The summed E-state index contributed by atoms with van der Waals surface area (Å²) in [4.78, 5) is 14.7. The Morgan fingerprint density at radius 2 is 1.92 bits per heavy atom. The van der Waals surface area contributed by atoms with Crippen molar-refractivity contribution in [1.82, 2.24) is 9.38 Å². The molecule has 4 nitrogen and oxygen atoms in total. The fourth-order valence-corrected chi connectivity index (χ4v) is 2.57. The first kappa shape index (κ1) is 16.1. The molecule has 0 aliphatic heterocycles. The van der Waals surface area contributed by atoms with Crippen LogP contribution in [0.1, 0.15) is 11.3 Å². The number of H-pyrrole nitrogens is 1. The number of methoxy groups -OCH3 is 1. The molecule has 2 heterocycles. The molecule has 0 spiro atoms. The van der Waals surface area contributed by atoms with Gasteiger partial charge in [0.2, 0.25) is 0 Å². The highest BCUT2D eigenvalue weighted by Gasteiger charge is 2.34. The van der Waals surface area contributed by atoms with Gasteiger partial charge in [-0.15, -0.1) is 0 Å². The monoisotopic (exact) mass is 340 g/mol. The number of aromatic nitrogens is 2. The lowest BCUT2D eigenvalue weighted by Gasteiger charge is -2.12. The summed E-state index contributed by atoms with van der Waals surface area (Å²) in [7, 11) is 1.44. The second-order valence-corrected chi connectivity index (χ2v) is 5.24. The molecule has 126 valence electrons. The Labute approximate surface area is 133 Å². The Morgan fingerprint density at radius 3 is 2.54 bits per heavy atom. The number of benzene rings is 1. The van der Waals surface area contributed by atoms with Gasteiger partial charge in [0, 0.05) is 17.3 Å². The first-order valence-electron chi connectivity index (χ1n) is 6.88. The number of rotatable bonds is 2. The van der Waals surface area contributed by atoms with Crippen molar-refractivity contribution in [1.29, 1.82) is 0 Å². The maximum Gasteiger partial charge on any atom is 0.419 e. The summed E-state index contributed by atoms with van der Waals surface area (Å²) in [5.41, 5.74) is -0.842. The highest BCUT2D eigenvalue weighted by Crippen LogP contribution is 2.34. The topological polar surface area (TPSA) is 46.5 Å². The molecule has 0 fully saturated rings. The molecule has 2 aromatic heterocycles. The number of nitrogens with zero attached hydrogens (tertiary/aromatic N) is 1. The molecule has 0 aliphatic carbocycles. The van der Waals surface area contributed by atoms with E-state index in [2.05, 4.69) is 4.98 Å². The molecule has 3 rings (SSSR count). The summed E-state index contributed by atoms with van der Waals surface area (Å²) >= 11 is 0. The number of fused-ring (bicyclic) bond motifs is 1. The number of nitrogens with one attached hydrogen (secondary N) is 1. The molecule has 1 N–H and O–H groups in total. The Kier molecular flexibility index (Phi) is 3.62. The first-order valence-corrected chi connectivity index (χ1v) is 6.88. The van der Waals surface area contributed by atoms with Crippen LogP contribution in [0.5, 0.6) is 5.75 Å². The Bertz CT molecular complexity index is 986. The molecule has 0 amide bonds. The highest BCUT2D eigenvalue weighted by atomic mass is 19.4. The van der Waals surface area contributed by atoms with Crippen LogP contribution >= 0.6 is 0 Å². The van der Waals surface area contributed by atoms with Gasteiger partial charge in [-0.3, -0.25) is 4.79 Å². The van der Waals surface area contributed by atoms with Crippen LogP contribution < -0.4 is 10.3 Å². The molecule has 1 aromatic carbocycles. The van der Waals surface area contributed by atoms with Gasteiger partial charge >= 0.3 is 6.18 Å². The minimum atomic E-state index is -4.82. The van der Waals surface area contributed by atoms with Gasteiger partial charge in [0.25, 0.3) is 5.56 Å². The molecule has 0 unspecified atom stereocenters. The van der Waals surface area contributed by atoms with E-state index in [0.29, 0.717) is 23.0 Å². The van der Waals surface area contributed by atoms with Crippen LogP contribution in [0.2, 0.25) is 0 Å². The van der Waals surface area contributed by atoms with Crippen LogP contribution in [0, 0.1) is 12.7 Å². The van der Waals surface area contributed by atoms with Crippen LogP contribution in [-0.4, -0.2) is 16.5 Å². The minimum Gasteiger partial charge on any atom is -0.495 e. The van der Waals surface area contributed by atoms with Crippen molar-refractivity contribution in [3.05, 3.63) is 57.9 Å². The van der Waals surface area contributed by atoms with E-state index in [1.165, 1.54) is 23.6 Å². The van der Waals surface area contributed by atoms with Crippen LogP contribution in [0.4, 0.5) is 17.6 Å². The van der Waals surface area contributed by atoms with Gasteiger partial charge in [0.1, 0.15) is 17.1 Å². The van der Waals surface area contributed by atoms with Crippen molar-refractivity contribution >= 4 is 5.52 Å². The number of halogens is 4. The quantitative estimate of drug-likeness (QED) is 0.722. The van der Waals surface area contributed by atoms with Crippen LogP contribution in [-0.2, 0) is 6.18 Å². The van der Waals surface area contributed by atoms with E-state index in [-0.39, 0.29) is 11.3 Å². The lowest BCUT2D eigenvalue weighted by molar-refractivity contribution is -0.139. The summed E-state index contributed by atoms with van der Waals surface area (Å²) in [6.45, 7) is 1.63. The van der Waals surface area contributed by atoms with E-state index >= 15 is 0 Å². The molecule has 3 aromatic rings. The van der Waals surface area contributed by atoms with Gasteiger partial charge in [0.15, 0.2) is 0 Å². The van der Waals surface area contributed by atoms with Crippen molar-refractivity contribution in [3.8, 4) is 17.0 Å². The number of alkyl halides is 3. The van der Waals surface area contributed by atoms with Crippen molar-refractivity contribution in [2.24, 2.45) is 0 Å². The Morgan fingerprint density at radius 1 is 1.21 bits per heavy atom. The van der Waals surface area contributed by atoms with Crippen LogP contribution in [0.25, 0.3) is 16.8 Å². The zero-order chi connectivity index (χ0) is 17.6. The number of aromatic amines is 1. The molecule has 0 saturated carbocycles. The average molecular weight is 340 g/mol. The molecule has 0 atom stereocenters. The van der Waals surface area contributed by atoms with Crippen molar-refractivity contribution in [2.75, 3.05) is 7.11 Å². The van der Waals surface area contributed by atoms with E-state index in [1.807, 2.05) is 0 Å². The number of hydrogen-bond acceptors (Lipinski definition) is 2. The van der Waals surface area contributed by atoms with Crippen molar-refractivity contribution in [3.63, 3.8) is 0 Å². The largest absolute Gasteiger partial charge is 0.495 e. The molecular weight excluding hydrogens is 328 g/mol. The molecule has 0 radical (unpaired) electrons. The molecule has 0 saturated heterocycles. The Balaban J connectivity index is 2.27. The van der Waals surface area contributed by atoms with Gasteiger partial charge in [-0.05, 0) is 25.1 Å². The maximum absolute atomic E-state index is 13.4. The van der Waals surface area contributed by atoms with Gasteiger partial charge in [-0.1, -0.05) is 0 Å². The SMILES string of the molecule is COc1cc2c(=O)[nH]c(-c3ccc(F)c(C(F)(F)F)c3)c(C)n2c1. The van der Waals surface area contributed by atoms with Gasteiger partial charge in [-0.25, -0.2) is 4.39 Å². The maximum atomic E-state index is 13.4. The zero-order valence-electron chi connectivity index (χ0n) is 12.7. The van der Waals surface area contributed by atoms with Crippen LogP contribution in [0.15, 0.2) is 35.3 Å². The highest BCUT2D eigenvalue weighted by molar-refractivity contribution is 5.66. The molecule has 8 heteroatoms. The number of aryl methyl sites for hydroxylation is 1. The fourth-order valence-electron chi connectivity index (χ4n) is 2.57. The third-order valence-electron chi connectivity index (χ3n) is 3.79. The smallest absolute Gasteiger partial charge is 0.419 e. The number of ether oxygens (including phenoxy) is 1. The molecule has 24 heavy (non-hydrogen) atoms. The standard InChI is InChI=1S/C16H12F4N2O2/c1-8-14(9-3-4-12(17)11(5-9)16(18,19)20)21-15(23)13-6-10(24-2)7-22(8)13/h3-7H,1-2H3,(H,21,23). The summed E-state index contributed by atoms with van der Waals surface area (Å²) in [6, 6.07) is 4.12. The van der Waals surface area contributed by atoms with Gasteiger partial charge in [-0.2, -0.15) is 13.2 Å². The third kappa shape index (κ3) is 2.53. The van der Waals surface area contributed by atoms with E-state index in [9.17, 15) is 22.4 Å². The average Bonchev–Trinajstić information content (AvgIpc) is 2.96. The predicted molar refractivity (Wildman–Crippen MR) is 79.7 cm³/mol. The fraction of sp³-hybridized carbons (Fsp3) is 0.188. The summed E-state index contributed by atoms with van der Waals surface area (Å²) in [5.74, 6) is -0.925. The van der Waals surface area contributed by atoms with Gasteiger partial charge < -0.3 is 14.1 Å². The van der Waals surface area contributed by atoms with E-state index in [4.69, 9.17) is 4.74 Å². The molecule has 0 bridgehead atoms. The zero-order valence-corrected chi connectivity index (χ0v) is 12.7. The van der Waals surface area contributed by atoms with E-state index in [1.54, 1.807) is 13.1 Å². The minimum absolute atomic E-state index is 0.0629. The second-order valence-electron chi connectivity index (χ2n) is 5.24. The summed E-state index contributed by atoms with van der Waals surface area (Å²) < 4.78 is 58.7. The van der Waals surface area contributed by atoms with E-state index < -0.39 is 23.1 Å². The molecular formula is C16H12F4N2O2. The first-order chi connectivity index (χ1) is 11.2. The molecule has 0 aliphatic rings. The van der Waals surface area contributed by atoms with Gasteiger partial charge in [0.05, 0.1) is 24.6 Å². The van der Waals surface area contributed by atoms with Crippen molar-refractivity contribution in [2.45, 2.75) is 13.1 Å². The normalized spacial score (nSPS) is 11.9. The predicted octanol–water partition coefficient (Wildman–Crippen LogP) is 3.77. The third-order valence-corrected chi connectivity index (χ3v) is 3.79. The summed E-state index contributed by atoms with van der Waals surface area (Å²) in [5, 5.41) is 0.